The second kappa shape index (κ2) is 8.47. The molecule has 2 saturated carbocycles. The van der Waals surface area contributed by atoms with Gasteiger partial charge in [-0.1, -0.05) is 51.4 Å². The third-order valence-corrected chi connectivity index (χ3v) is 6.23. The third kappa shape index (κ3) is 5.52. The first-order chi connectivity index (χ1) is 8.84. The molecule has 2 aliphatic carbocycles. The summed E-state index contributed by atoms with van der Waals surface area (Å²) in [5, 5.41) is 10.9. The second-order valence-electron chi connectivity index (χ2n) is 6.33. The Balaban J connectivity index is 1.52. The highest BCUT2D eigenvalue weighted by atomic mass is 32.2. The second-order valence-corrected chi connectivity index (χ2v) is 7.66. The van der Waals surface area contributed by atoms with Gasteiger partial charge in [-0.2, -0.15) is 11.8 Å². The van der Waals surface area contributed by atoms with Gasteiger partial charge in [-0.25, -0.2) is 0 Å². The molecule has 2 fully saturated rings. The molecular weight excluding hydrogens is 240 g/mol. The van der Waals surface area contributed by atoms with E-state index in [1.807, 2.05) is 11.8 Å². The van der Waals surface area contributed by atoms with Crippen molar-refractivity contribution in [1.29, 1.82) is 0 Å². The molecule has 2 heteroatoms. The largest absolute Gasteiger partial charge is 0.392 e. The Bertz CT molecular complexity index is 185. The number of hydrogen-bond donors (Lipinski definition) is 1. The van der Waals surface area contributed by atoms with E-state index in [1.165, 1.54) is 70.6 Å². The topological polar surface area (TPSA) is 20.2 Å². The van der Waals surface area contributed by atoms with Crippen molar-refractivity contribution in [3.63, 3.8) is 0 Å². The fourth-order valence-electron chi connectivity index (χ4n) is 3.47. The van der Waals surface area contributed by atoms with E-state index >= 15 is 0 Å². The van der Waals surface area contributed by atoms with E-state index in [9.17, 15) is 5.11 Å². The molecule has 0 saturated heterocycles. The maximum atomic E-state index is 10.1. The first kappa shape index (κ1) is 14.7. The van der Waals surface area contributed by atoms with Gasteiger partial charge in [0.05, 0.1) is 6.10 Å². The Morgan fingerprint density at radius 3 is 2.17 bits per heavy atom. The Morgan fingerprint density at radius 1 is 0.889 bits per heavy atom. The summed E-state index contributed by atoms with van der Waals surface area (Å²) in [6.45, 7) is 0. The van der Waals surface area contributed by atoms with Crippen LogP contribution in [0.2, 0.25) is 0 Å². The van der Waals surface area contributed by atoms with Gasteiger partial charge in [0.25, 0.3) is 0 Å². The van der Waals surface area contributed by atoms with Crippen molar-refractivity contribution in [2.45, 2.75) is 88.4 Å². The van der Waals surface area contributed by atoms with E-state index in [-0.39, 0.29) is 6.10 Å². The first-order valence-corrected chi connectivity index (χ1v) is 9.19. The average molecular weight is 270 g/mol. The van der Waals surface area contributed by atoms with Gasteiger partial charge in [-0.15, -0.1) is 0 Å². The van der Waals surface area contributed by atoms with E-state index in [0.29, 0.717) is 0 Å². The first-order valence-electron chi connectivity index (χ1n) is 8.14. The van der Waals surface area contributed by atoms with E-state index in [2.05, 4.69) is 0 Å². The lowest BCUT2D eigenvalue weighted by Gasteiger charge is -2.24. The summed E-state index contributed by atoms with van der Waals surface area (Å²) in [4.78, 5) is 0. The van der Waals surface area contributed by atoms with E-state index in [1.54, 1.807) is 0 Å². The van der Waals surface area contributed by atoms with Crippen molar-refractivity contribution in [3.8, 4) is 0 Å². The molecule has 0 bridgehead atoms. The summed E-state index contributed by atoms with van der Waals surface area (Å²) in [6.07, 6.45) is 16.4. The van der Waals surface area contributed by atoms with Gasteiger partial charge in [-0.05, 0) is 31.6 Å². The predicted octanol–water partition coefficient (Wildman–Crippen LogP) is 4.77. The van der Waals surface area contributed by atoms with Crippen LogP contribution in [0.25, 0.3) is 0 Å². The summed E-state index contributed by atoms with van der Waals surface area (Å²) in [5.74, 6) is 1.91. The SMILES string of the molecule is OC(CCC1CCCCC1)CSC1CCCCC1. The summed E-state index contributed by atoms with van der Waals surface area (Å²) in [5.41, 5.74) is 0. The number of thioether (sulfide) groups is 1. The molecule has 0 aromatic carbocycles. The van der Waals surface area contributed by atoms with Crippen LogP contribution < -0.4 is 0 Å². The average Bonchev–Trinajstić information content (AvgIpc) is 2.45. The normalized spacial score (nSPS) is 25.2. The van der Waals surface area contributed by atoms with Gasteiger partial charge in [0, 0.05) is 11.0 Å². The Kier molecular flexibility index (Phi) is 6.93. The van der Waals surface area contributed by atoms with Crippen LogP contribution in [-0.4, -0.2) is 22.2 Å². The molecule has 106 valence electrons. The molecule has 1 nitrogen and oxygen atoms in total. The smallest absolute Gasteiger partial charge is 0.0630 e. The van der Waals surface area contributed by atoms with Gasteiger partial charge in [-0.3, -0.25) is 0 Å². The van der Waals surface area contributed by atoms with Crippen LogP contribution in [0.3, 0.4) is 0 Å². The Morgan fingerprint density at radius 2 is 1.50 bits per heavy atom. The van der Waals surface area contributed by atoms with Gasteiger partial charge in [0.1, 0.15) is 0 Å². The number of aliphatic hydroxyl groups is 1. The lowest BCUT2D eigenvalue weighted by molar-refractivity contribution is 0.171. The van der Waals surface area contributed by atoms with Crippen LogP contribution in [0.5, 0.6) is 0 Å². The van der Waals surface area contributed by atoms with Crippen molar-refractivity contribution in [3.05, 3.63) is 0 Å². The summed E-state index contributed by atoms with van der Waals surface area (Å²) in [6, 6.07) is 0. The van der Waals surface area contributed by atoms with E-state index < -0.39 is 0 Å². The maximum Gasteiger partial charge on any atom is 0.0630 e. The van der Waals surface area contributed by atoms with Gasteiger partial charge < -0.3 is 5.11 Å². The van der Waals surface area contributed by atoms with Gasteiger partial charge in [0.2, 0.25) is 0 Å². The summed E-state index contributed by atoms with van der Waals surface area (Å²) in [7, 11) is 0. The van der Waals surface area contributed by atoms with Crippen molar-refractivity contribution < 1.29 is 5.11 Å². The highest BCUT2D eigenvalue weighted by Gasteiger charge is 2.18. The van der Waals surface area contributed by atoms with Crippen LogP contribution in [0, 0.1) is 5.92 Å². The van der Waals surface area contributed by atoms with Crippen molar-refractivity contribution >= 4 is 11.8 Å². The van der Waals surface area contributed by atoms with Crippen molar-refractivity contribution in [2.75, 3.05) is 5.75 Å². The Labute approximate surface area is 117 Å². The van der Waals surface area contributed by atoms with Gasteiger partial charge >= 0.3 is 0 Å². The zero-order chi connectivity index (χ0) is 12.6. The number of aliphatic hydroxyl groups excluding tert-OH is 1. The summed E-state index contributed by atoms with van der Waals surface area (Å²) >= 11 is 2.04. The van der Waals surface area contributed by atoms with Crippen LogP contribution >= 0.6 is 11.8 Å². The van der Waals surface area contributed by atoms with E-state index in [0.717, 1.165) is 23.3 Å². The third-order valence-electron chi connectivity index (χ3n) is 4.71. The lowest BCUT2D eigenvalue weighted by atomic mass is 9.85. The van der Waals surface area contributed by atoms with Crippen LogP contribution in [-0.2, 0) is 0 Å². The number of rotatable bonds is 6. The van der Waals surface area contributed by atoms with Crippen LogP contribution in [0.15, 0.2) is 0 Å². The predicted molar refractivity (Wildman–Crippen MR) is 81.1 cm³/mol. The van der Waals surface area contributed by atoms with Crippen LogP contribution in [0.1, 0.15) is 77.0 Å². The van der Waals surface area contributed by atoms with Crippen molar-refractivity contribution in [2.24, 2.45) is 5.92 Å². The highest BCUT2D eigenvalue weighted by Crippen LogP contribution is 2.30. The molecule has 2 aliphatic rings. The van der Waals surface area contributed by atoms with E-state index in [4.69, 9.17) is 0 Å². The molecule has 0 aliphatic heterocycles. The lowest BCUT2D eigenvalue weighted by Crippen LogP contribution is -2.17. The zero-order valence-corrected chi connectivity index (χ0v) is 12.6. The zero-order valence-electron chi connectivity index (χ0n) is 11.8. The molecule has 0 amide bonds. The maximum absolute atomic E-state index is 10.1. The molecular formula is C16H30OS. The number of hydrogen-bond acceptors (Lipinski definition) is 2. The minimum absolute atomic E-state index is 0.0427. The molecule has 0 radical (unpaired) electrons. The molecule has 18 heavy (non-hydrogen) atoms. The molecule has 1 N–H and O–H groups in total. The minimum atomic E-state index is -0.0427. The summed E-state index contributed by atoms with van der Waals surface area (Å²) < 4.78 is 0. The molecule has 1 unspecified atom stereocenters. The van der Waals surface area contributed by atoms with Crippen LogP contribution in [0.4, 0.5) is 0 Å². The Hall–Kier alpha value is 0.310. The molecule has 0 heterocycles. The quantitative estimate of drug-likeness (QED) is 0.750. The molecule has 1 atom stereocenters. The molecule has 0 aromatic rings. The highest BCUT2D eigenvalue weighted by molar-refractivity contribution is 7.99. The molecule has 0 spiro atoms. The standard InChI is InChI=1S/C16H30OS/c17-15(12-11-14-7-3-1-4-8-14)13-18-16-9-5-2-6-10-16/h14-17H,1-13H2. The minimum Gasteiger partial charge on any atom is -0.392 e. The molecule has 0 aromatic heterocycles. The fraction of sp³-hybridized carbons (Fsp3) is 1.00. The van der Waals surface area contributed by atoms with Crippen molar-refractivity contribution in [1.82, 2.24) is 0 Å². The molecule has 2 rings (SSSR count). The fourth-order valence-corrected chi connectivity index (χ4v) is 4.79. The monoisotopic (exact) mass is 270 g/mol. The van der Waals surface area contributed by atoms with Gasteiger partial charge in [0.15, 0.2) is 0 Å².